The molecule has 0 radical (unpaired) electrons. The second-order valence-corrected chi connectivity index (χ2v) is 8.30. The molecule has 0 aliphatic carbocycles. The first-order valence-electron chi connectivity index (χ1n) is 10.4. The predicted molar refractivity (Wildman–Crippen MR) is 117 cm³/mol. The van der Waals surface area contributed by atoms with Crippen molar-refractivity contribution in [3.63, 3.8) is 0 Å². The molecule has 0 spiro atoms. The van der Waals surface area contributed by atoms with Gasteiger partial charge >= 0.3 is 0 Å². The van der Waals surface area contributed by atoms with Crippen LogP contribution in [0.3, 0.4) is 0 Å². The van der Waals surface area contributed by atoms with E-state index in [9.17, 15) is 4.79 Å². The van der Waals surface area contributed by atoms with Crippen LogP contribution >= 0.6 is 12.4 Å². The van der Waals surface area contributed by atoms with Gasteiger partial charge in [-0.2, -0.15) is 0 Å². The minimum Gasteiger partial charge on any atom is -0.378 e. The summed E-state index contributed by atoms with van der Waals surface area (Å²) in [5, 5.41) is 0. The Hall–Kier alpha value is -2.22. The maximum absolute atomic E-state index is 13.1. The van der Waals surface area contributed by atoms with Gasteiger partial charge in [-0.25, -0.2) is 9.97 Å². The van der Waals surface area contributed by atoms with Crippen LogP contribution in [0.5, 0.6) is 0 Å². The summed E-state index contributed by atoms with van der Waals surface area (Å²) in [6, 6.07) is 11.0. The minimum absolute atomic E-state index is 0. The van der Waals surface area contributed by atoms with Crippen molar-refractivity contribution in [2.45, 2.75) is 6.04 Å². The molecule has 1 aromatic heterocycles. The number of anilines is 1. The van der Waals surface area contributed by atoms with Gasteiger partial charge in [-0.15, -0.1) is 12.4 Å². The van der Waals surface area contributed by atoms with Gasteiger partial charge in [0.2, 0.25) is 5.95 Å². The van der Waals surface area contributed by atoms with Crippen LogP contribution in [0.1, 0.15) is 22.0 Å². The SMILES string of the molecule is CN1C[C@H]2CN(C(=O)c3cnc(N4CCOCC4)nc3)C[C@H]2[C@@H]1c1ccccc1.Cl. The smallest absolute Gasteiger partial charge is 0.257 e. The molecule has 2 aromatic rings. The lowest BCUT2D eigenvalue weighted by Crippen LogP contribution is -2.37. The summed E-state index contributed by atoms with van der Waals surface area (Å²) in [5.41, 5.74) is 1.92. The van der Waals surface area contributed by atoms with E-state index in [1.165, 1.54) is 5.56 Å². The van der Waals surface area contributed by atoms with E-state index in [0.29, 0.717) is 42.6 Å². The molecular formula is C22H28ClN5O2. The molecule has 0 unspecified atom stereocenters. The quantitative estimate of drug-likeness (QED) is 0.744. The molecule has 0 saturated carbocycles. The molecule has 30 heavy (non-hydrogen) atoms. The van der Waals surface area contributed by atoms with E-state index < -0.39 is 0 Å². The summed E-state index contributed by atoms with van der Waals surface area (Å²) < 4.78 is 5.37. The van der Waals surface area contributed by atoms with Crippen LogP contribution < -0.4 is 4.90 Å². The third-order valence-electron chi connectivity index (χ3n) is 6.50. The Labute approximate surface area is 183 Å². The molecule has 3 saturated heterocycles. The largest absolute Gasteiger partial charge is 0.378 e. The zero-order chi connectivity index (χ0) is 19.8. The molecule has 1 aromatic carbocycles. The van der Waals surface area contributed by atoms with Crippen molar-refractivity contribution < 1.29 is 9.53 Å². The van der Waals surface area contributed by atoms with Gasteiger partial charge in [0, 0.05) is 57.1 Å². The molecule has 1 amide bonds. The van der Waals surface area contributed by atoms with E-state index >= 15 is 0 Å². The Morgan fingerprint density at radius 3 is 2.43 bits per heavy atom. The summed E-state index contributed by atoms with van der Waals surface area (Å²) in [4.78, 5) is 28.5. The number of hydrogen-bond donors (Lipinski definition) is 0. The number of aromatic nitrogens is 2. The van der Waals surface area contributed by atoms with Gasteiger partial charge in [-0.05, 0) is 18.5 Å². The molecule has 160 valence electrons. The van der Waals surface area contributed by atoms with E-state index in [0.717, 1.165) is 32.7 Å². The molecule has 0 bridgehead atoms. The Balaban J connectivity index is 0.00000218. The Bertz CT molecular complexity index is 860. The topological polar surface area (TPSA) is 61.8 Å². The Morgan fingerprint density at radius 1 is 1.03 bits per heavy atom. The van der Waals surface area contributed by atoms with Gasteiger partial charge < -0.3 is 14.5 Å². The summed E-state index contributed by atoms with van der Waals surface area (Å²) in [6.45, 7) is 5.59. The average molecular weight is 430 g/mol. The number of likely N-dealkylation sites (tertiary alicyclic amines) is 2. The zero-order valence-electron chi connectivity index (χ0n) is 17.2. The third-order valence-corrected chi connectivity index (χ3v) is 6.50. The second-order valence-electron chi connectivity index (χ2n) is 8.30. The highest BCUT2D eigenvalue weighted by Crippen LogP contribution is 2.44. The summed E-state index contributed by atoms with van der Waals surface area (Å²) in [6.07, 6.45) is 3.35. The average Bonchev–Trinajstić information content (AvgIpc) is 3.31. The molecule has 3 aliphatic rings. The van der Waals surface area contributed by atoms with Gasteiger partial charge in [-0.3, -0.25) is 9.69 Å². The number of benzene rings is 1. The first-order valence-corrected chi connectivity index (χ1v) is 10.4. The molecule has 3 atom stereocenters. The fourth-order valence-corrected chi connectivity index (χ4v) is 5.12. The number of nitrogens with zero attached hydrogens (tertiary/aromatic N) is 5. The van der Waals surface area contributed by atoms with Gasteiger partial charge in [0.05, 0.1) is 18.8 Å². The van der Waals surface area contributed by atoms with E-state index in [1.807, 2.05) is 4.90 Å². The summed E-state index contributed by atoms with van der Waals surface area (Å²) in [5.74, 6) is 1.71. The van der Waals surface area contributed by atoms with Gasteiger partial charge in [0.25, 0.3) is 5.91 Å². The number of ether oxygens (including phenoxy) is 1. The van der Waals surface area contributed by atoms with Crippen LogP contribution in [0.25, 0.3) is 0 Å². The van der Waals surface area contributed by atoms with Crippen LogP contribution in [-0.2, 0) is 4.74 Å². The van der Waals surface area contributed by atoms with Crippen LogP contribution in [0, 0.1) is 11.8 Å². The van der Waals surface area contributed by atoms with E-state index in [1.54, 1.807) is 12.4 Å². The number of amides is 1. The van der Waals surface area contributed by atoms with Crippen LogP contribution in [0.4, 0.5) is 5.95 Å². The van der Waals surface area contributed by atoms with Crippen molar-refractivity contribution in [2.75, 3.05) is 57.9 Å². The zero-order valence-corrected chi connectivity index (χ0v) is 18.0. The lowest BCUT2D eigenvalue weighted by Gasteiger charge is -2.27. The Morgan fingerprint density at radius 2 is 1.73 bits per heavy atom. The maximum Gasteiger partial charge on any atom is 0.257 e. The van der Waals surface area contributed by atoms with Crippen molar-refractivity contribution >= 4 is 24.3 Å². The highest BCUT2D eigenvalue weighted by molar-refractivity contribution is 5.94. The number of morpholine rings is 1. The van der Waals surface area contributed by atoms with Crippen molar-refractivity contribution in [3.8, 4) is 0 Å². The normalized spacial score (nSPS) is 26.4. The van der Waals surface area contributed by atoms with Crippen LogP contribution in [0.2, 0.25) is 0 Å². The van der Waals surface area contributed by atoms with Crippen LogP contribution in [0.15, 0.2) is 42.7 Å². The number of carbonyl (C=O) groups is 1. The lowest BCUT2D eigenvalue weighted by molar-refractivity contribution is 0.0767. The summed E-state index contributed by atoms with van der Waals surface area (Å²) in [7, 11) is 2.19. The highest BCUT2D eigenvalue weighted by atomic mass is 35.5. The lowest BCUT2D eigenvalue weighted by atomic mass is 9.90. The monoisotopic (exact) mass is 429 g/mol. The third kappa shape index (κ3) is 3.89. The highest BCUT2D eigenvalue weighted by Gasteiger charge is 2.47. The maximum atomic E-state index is 13.1. The van der Waals surface area contributed by atoms with Crippen molar-refractivity contribution in [3.05, 3.63) is 53.9 Å². The van der Waals surface area contributed by atoms with Gasteiger partial charge in [0.1, 0.15) is 0 Å². The van der Waals surface area contributed by atoms with Crippen molar-refractivity contribution in [2.24, 2.45) is 11.8 Å². The molecule has 8 heteroatoms. The molecular weight excluding hydrogens is 402 g/mol. The molecule has 0 N–H and O–H groups in total. The van der Waals surface area contributed by atoms with E-state index in [4.69, 9.17) is 4.74 Å². The second kappa shape index (κ2) is 8.88. The number of halogens is 1. The fourth-order valence-electron chi connectivity index (χ4n) is 5.12. The van der Waals surface area contributed by atoms with Crippen molar-refractivity contribution in [1.82, 2.24) is 19.8 Å². The molecule has 4 heterocycles. The first-order chi connectivity index (χ1) is 14.2. The van der Waals surface area contributed by atoms with Gasteiger partial charge in [0.15, 0.2) is 0 Å². The Kier molecular flexibility index (Phi) is 6.22. The summed E-state index contributed by atoms with van der Waals surface area (Å²) >= 11 is 0. The molecule has 3 aliphatic heterocycles. The number of carbonyl (C=O) groups excluding carboxylic acids is 1. The first kappa shape index (κ1) is 21.0. The molecule has 5 rings (SSSR count). The van der Waals surface area contributed by atoms with Crippen LogP contribution in [-0.4, -0.2) is 78.7 Å². The standard InChI is InChI=1S/C22H27N5O2.ClH/c1-25-13-18-14-27(15-19(18)20(25)16-5-3-2-4-6-16)21(28)17-11-23-22(24-12-17)26-7-9-29-10-8-26;/h2-6,11-12,18-20H,7-10,13-15H2,1H3;1H/t18-,19+,20-;/m0./s1. The van der Waals surface area contributed by atoms with E-state index in [2.05, 4.69) is 57.1 Å². The number of rotatable bonds is 3. The van der Waals surface area contributed by atoms with E-state index in [-0.39, 0.29) is 18.3 Å². The predicted octanol–water partition coefficient (Wildman–Crippen LogP) is 2.11. The fraction of sp³-hybridized carbons (Fsp3) is 0.500. The van der Waals surface area contributed by atoms with Crippen molar-refractivity contribution in [1.29, 1.82) is 0 Å². The number of fused-ring (bicyclic) bond motifs is 1. The molecule has 7 nitrogen and oxygen atoms in total. The minimum atomic E-state index is 0. The van der Waals surface area contributed by atoms with Gasteiger partial charge in [-0.1, -0.05) is 30.3 Å². The number of hydrogen-bond acceptors (Lipinski definition) is 6. The molecule has 3 fully saturated rings.